The van der Waals surface area contributed by atoms with Crippen LogP contribution in [0, 0.1) is 11.6 Å². The minimum absolute atomic E-state index is 0.0339. The highest BCUT2D eigenvalue weighted by Gasteiger charge is 2.07. The van der Waals surface area contributed by atoms with Crippen molar-refractivity contribution in [1.82, 2.24) is 0 Å². The van der Waals surface area contributed by atoms with Crippen LogP contribution in [0.5, 0.6) is 5.75 Å². The first kappa shape index (κ1) is 11.4. The normalized spacial score (nSPS) is 12.6. The van der Waals surface area contributed by atoms with Gasteiger partial charge < -0.3 is 9.84 Å². The lowest BCUT2D eigenvalue weighted by Gasteiger charge is -2.09. The minimum Gasteiger partial charge on any atom is -0.488 e. The van der Waals surface area contributed by atoms with Gasteiger partial charge in [-0.2, -0.15) is 0 Å². The van der Waals surface area contributed by atoms with Crippen LogP contribution < -0.4 is 4.74 Å². The molecule has 0 fully saturated rings. The molecule has 0 aromatic heterocycles. The van der Waals surface area contributed by atoms with Crippen molar-refractivity contribution in [3.8, 4) is 5.75 Å². The molecular formula is C9H9BrF2O2. The molecule has 0 spiro atoms. The molecule has 0 heterocycles. The predicted octanol–water partition coefficient (Wildman–Crippen LogP) is 2.10. The van der Waals surface area contributed by atoms with Crippen molar-refractivity contribution in [2.75, 3.05) is 11.9 Å². The van der Waals surface area contributed by atoms with Crippen molar-refractivity contribution in [3.63, 3.8) is 0 Å². The Hall–Kier alpha value is -0.680. The molecule has 0 aliphatic rings. The van der Waals surface area contributed by atoms with Gasteiger partial charge in [-0.3, -0.25) is 0 Å². The first-order chi connectivity index (χ1) is 6.63. The second kappa shape index (κ2) is 5.26. The molecule has 1 atom stereocenters. The van der Waals surface area contributed by atoms with Crippen molar-refractivity contribution in [2.24, 2.45) is 0 Å². The predicted molar refractivity (Wildman–Crippen MR) is 51.7 cm³/mol. The van der Waals surface area contributed by atoms with Crippen LogP contribution >= 0.6 is 15.9 Å². The lowest BCUT2D eigenvalue weighted by molar-refractivity contribution is 0.124. The average molecular weight is 267 g/mol. The Morgan fingerprint density at radius 1 is 1.43 bits per heavy atom. The summed E-state index contributed by atoms with van der Waals surface area (Å²) in [7, 11) is 0. The summed E-state index contributed by atoms with van der Waals surface area (Å²) < 4.78 is 30.3. The summed E-state index contributed by atoms with van der Waals surface area (Å²) in [5.41, 5.74) is 0. The van der Waals surface area contributed by atoms with Gasteiger partial charge in [-0.15, -0.1) is 0 Å². The number of alkyl halides is 1. The first-order valence-electron chi connectivity index (χ1n) is 3.95. The van der Waals surface area contributed by atoms with Gasteiger partial charge in [0.15, 0.2) is 11.6 Å². The smallest absolute Gasteiger partial charge is 0.167 e. The van der Waals surface area contributed by atoms with Gasteiger partial charge in [0, 0.05) is 11.4 Å². The van der Waals surface area contributed by atoms with Gasteiger partial charge in [-0.25, -0.2) is 8.78 Å². The van der Waals surface area contributed by atoms with Crippen molar-refractivity contribution in [3.05, 3.63) is 29.8 Å². The van der Waals surface area contributed by atoms with Crippen LogP contribution in [0.3, 0.4) is 0 Å². The second-order valence-corrected chi connectivity index (χ2v) is 3.34. The fraction of sp³-hybridized carbons (Fsp3) is 0.333. The summed E-state index contributed by atoms with van der Waals surface area (Å²) in [5, 5.41) is 9.44. The van der Waals surface area contributed by atoms with E-state index in [1.165, 1.54) is 6.07 Å². The maximum Gasteiger partial charge on any atom is 0.167 e. The van der Waals surface area contributed by atoms with Gasteiger partial charge >= 0.3 is 0 Å². The van der Waals surface area contributed by atoms with Crippen molar-refractivity contribution in [2.45, 2.75) is 6.10 Å². The SMILES string of the molecule is OC(CBr)COc1ccc(F)cc1F. The summed E-state index contributed by atoms with van der Waals surface area (Å²) in [6.07, 6.45) is -0.709. The highest BCUT2D eigenvalue weighted by Crippen LogP contribution is 2.17. The number of hydrogen-bond acceptors (Lipinski definition) is 2. The number of halogens is 3. The maximum atomic E-state index is 12.9. The molecule has 0 aliphatic carbocycles. The number of hydrogen-bond donors (Lipinski definition) is 1. The Morgan fingerprint density at radius 3 is 2.71 bits per heavy atom. The van der Waals surface area contributed by atoms with Crippen molar-refractivity contribution in [1.29, 1.82) is 0 Å². The topological polar surface area (TPSA) is 29.5 Å². The molecule has 5 heteroatoms. The van der Waals surface area contributed by atoms with Crippen LogP contribution in [0.4, 0.5) is 8.78 Å². The Balaban J connectivity index is 2.59. The number of rotatable bonds is 4. The lowest BCUT2D eigenvalue weighted by Crippen LogP contribution is -2.19. The van der Waals surface area contributed by atoms with Gasteiger partial charge in [-0.05, 0) is 12.1 Å². The monoisotopic (exact) mass is 266 g/mol. The van der Waals surface area contributed by atoms with E-state index in [2.05, 4.69) is 15.9 Å². The molecule has 1 aromatic rings. The van der Waals surface area contributed by atoms with Crippen molar-refractivity contribution < 1.29 is 18.6 Å². The van der Waals surface area contributed by atoms with Gasteiger partial charge in [0.05, 0.1) is 6.10 Å². The molecule has 14 heavy (non-hydrogen) atoms. The fourth-order valence-corrected chi connectivity index (χ4v) is 1.01. The van der Waals surface area contributed by atoms with E-state index in [-0.39, 0.29) is 12.4 Å². The van der Waals surface area contributed by atoms with E-state index in [9.17, 15) is 8.78 Å². The molecule has 1 N–H and O–H groups in total. The zero-order chi connectivity index (χ0) is 10.6. The Labute approximate surface area is 88.6 Å². The standard InChI is InChI=1S/C9H9BrF2O2/c10-4-7(13)5-14-9-2-1-6(11)3-8(9)12/h1-3,7,13H,4-5H2. The van der Waals surface area contributed by atoms with Gasteiger partial charge in [-0.1, -0.05) is 15.9 Å². The quantitative estimate of drug-likeness (QED) is 0.846. The van der Waals surface area contributed by atoms with Crippen molar-refractivity contribution >= 4 is 15.9 Å². The molecule has 0 radical (unpaired) electrons. The van der Waals surface area contributed by atoms with Crippen LogP contribution in [0.15, 0.2) is 18.2 Å². The van der Waals surface area contributed by atoms with E-state index in [0.29, 0.717) is 5.33 Å². The third-order valence-electron chi connectivity index (χ3n) is 1.50. The Kier molecular flexibility index (Phi) is 4.28. The van der Waals surface area contributed by atoms with Gasteiger partial charge in [0.25, 0.3) is 0 Å². The molecule has 0 saturated carbocycles. The summed E-state index contributed by atoms with van der Waals surface area (Å²) >= 11 is 3.03. The average Bonchev–Trinajstić information content (AvgIpc) is 2.16. The van der Waals surface area contributed by atoms with Crippen LogP contribution in [-0.4, -0.2) is 23.1 Å². The van der Waals surface area contributed by atoms with E-state index in [1.807, 2.05) is 0 Å². The fourth-order valence-electron chi connectivity index (χ4n) is 0.823. The summed E-state index contributed by atoms with van der Waals surface area (Å²) in [6, 6.07) is 3.01. The summed E-state index contributed by atoms with van der Waals surface area (Å²) in [4.78, 5) is 0. The maximum absolute atomic E-state index is 12.9. The largest absolute Gasteiger partial charge is 0.488 e. The lowest BCUT2D eigenvalue weighted by atomic mass is 10.3. The Bertz CT molecular complexity index is 307. The number of benzene rings is 1. The third-order valence-corrected chi connectivity index (χ3v) is 2.25. The zero-order valence-electron chi connectivity index (χ0n) is 7.21. The number of aliphatic hydroxyl groups excluding tert-OH is 1. The second-order valence-electron chi connectivity index (χ2n) is 2.69. The van der Waals surface area contributed by atoms with Crippen LogP contribution in [-0.2, 0) is 0 Å². The number of ether oxygens (including phenoxy) is 1. The Morgan fingerprint density at radius 2 is 2.14 bits per heavy atom. The molecule has 0 bridgehead atoms. The molecule has 2 nitrogen and oxygen atoms in total. The van der Waals surface area contributed by atoms with Crippen LogP contribution in [0.1, 0.15) is 0 Å². The van der Waals surface area contributed by atoms with E-state index in [0.717, 1.165) is 12.1 Å². The highest BCUT2D eigenvalue weighted by atomic mass is 79.9. The van der Waals surface area contributed by atoms with Gasteiger partial charge in [0.1, 0.15) is 12.4 Å². The van der Waals surface area contributed by atoms with E-state index in [1.54, 1.807) is 0 Å². The van der Waals surface area contributed by atoms with E-state index in [4.69, 9.17) is 9.84 Å². The van der Waals surface area contributed by atoms with Crippen LogP contribution in [0.25, 0.3) is 0 Å². The zero-order valence-corrected chi connectivity index (χ0v) is 8.80. The molecular weight excluding hydrogens is 258 g/mol. The molecule has 0 saturated heterocycles. The number of aliphatic hydroxyl groups is 1. The molecule has 1 aromatic carbocycles. The summed E-state index contributed by atoms with van der Waals surface area (Å²) in [5.74, 6) is -1.49. The minimum atomic E-state index is -0.772. The van der Waals surface area contributed by atoms with E-state index < -0.39 is 17.7 Å². The van der Waals surface area contributed by atoms with Gasteiger partial charge in [0.2, 0.25) is 0 Å². The molecule has 0 aliphatic heterocycles. The third kappa shape index (κ3) is 3.23. The molecule has 78 valence electrons. The molecule has 0 amide bonds. The van der Waals surface area contributed by atoms with E-state index >= 15 is 0 Å². The molecule has 1 unspecified atom stereocenters. The highest BCUT2D eigenvalue weighted by molar-refractivity contribution is 9.09. The first-order valence-corrected chi connectivity index (χ1v) is 5.07. The van der Waals surface area contributed by atoms with Crippen LogP contribution in [0.2, 0.25) is 0 Å². The molecule has 1 rings (SSSR count). The summed E-state index contributed by atoms with van der Waals surface area (Å²) in [6.45, 7) is -0.0339.